The molecule has 0 saturated heterocycles. The van der Waals surface area contributed by atoms with Gasteiger partial charge in [0.1, 0.15) is 5.82 Å². The van der Waals surface area contributed by atoms with Crippen molar-refractivity contribution in [2.45, 2.75) is 13.3 Å². The van der Waals surface area contributed by atoms with Crippen LogP contribution in [0.3, 0.4) is 0 Å². The molecule has 0 aliphatic carbocycles. The monoisotopic (exact) mass is 245 g/mol. The van der Waals surface area contributed by atoms with E-state index >= 15 is 0 Å². The number of nitrogens with zero attached hydrogens (tertiary/aromatic N) is 1. The zero-order chi connectivity index (χ0) is 12.8. The van der Waals surface area contributed by atoms with Gasteiger partial charge >= 0.3 is 0 Å². The van der Waals surface area contributed by atoms with Gasteiger partial charge in [-0.25, -0.2) is 4.39 Å². The van der Waals surface area contributed by atoms with Crippen LogP contribution >= 0.6 is 0 Å². The van der Waals surface area contributed by atoms with Gasteiger partial charge < -0.3 is 10.6 Å². The lowest BCUT2D eigenvalue weighted by Gasteiger charge is -2.09. The number of pyridine rings is 1. The third-order valence-electron chi connectivity index (χ3n) is 2.45. The minimum atomic E-state index is -0.239. The van der Waals surface area contributed by atoms with Gasteiger partial charge in [0.15, 0.2) is 0 Å². The summed E-state index contributed by atoms with van der Waals surface area (Å²) < 4.78 is 12.8. The zero-order valence-electron chi connectivity index (χ0n) is 10.3. The fraction of sp³-hybridized carbons (Fsp3) is 0.214. The lowest BCUT2D eigenvalue weighted by molar-refractivity contribution is 0.628. The lowest BCUT2D eigenvalue weighted by atomic mass is 10.3. The van der Waals surface area contributed by atoms with E-state index in [1.54, 1.807) is 24.5 Å². The number of aromatic nitrogens is 1. The van der Waals surface area contributed by atoms with E-state index < -0.39 is 0 Å². The van der Waals surface area contributed by atoms with Crippen LogP contribution in [0.25, 0.3) is 0 Å². The van der Waals surface area contributed by atoms with Crippen molar-refractivity contribution in [3.8, 4) is 0 Å². The summed E-state index contributed by atoms with van der Waals surface area (Å²) in [7, 11) is 0. The molecule has 2 N–H and O–H groups in total. The highest BCUT2D eigenvalue weighted by Crippen LogP contribution is 2.18. The number of nitrogens with one attached hydrogen (secondary N) is 2. The maximum Gasteiger partial charge on any atom is 0.123 e. The van der Waals surface area contributed by atoms with Crippen LogP contribution in [0.5, 0.6) is 0 Å². The fourth-order valence-corrected chi connectivity index (χ4v) is 1.57. The van der Waals surface area contributed by atoms with Gasteiger partial charge in [-0.1, -0.05) is 6.92 Å². The van der Waals surface area contributed by atoms with Gasteiger partial charge in [-0.3, -0.25) is 4.98 Å². The number of hydrogen-bond acceptors (Lipinski definition) is 3. The Hall–Kier alpha value is -2.10. The molecule has 0 aliphatic heterocycles. The molecule has 0 radical (unpaired) electrons. The molecule has 1 heterocycles. The third kappa shape index (κ3) is 3.45. The topological polar surface area (TPSA) is 37.0 Å². The molecule has 0 fully saturated rings. The van der Waals surface area contributed by atoms with Crippen molar-refractivity contribution in [2.24, 2.45) is 0 Å². The molecule has 1 aromatic heterocycles. The van der Waals surface area contributed by atoms with Crippen LogP contribution in [-0.4, -0.2) is 11.5 Å². The molecule has 1 aromatic carbocycles. The first-order chi connectivity index (χ1) is 8.78. The number of anilines is 3. The molecule has 0 bridgehead atoms. The van der Waals surface area contributed by atoms with Gasteiger partial charge in [0.05, 0.1) is 23.8 Å². The summed E-state index contributed by atoms with van der Waals surface area (Å²) in [4.78, 5) is 4.15. The molecular formula is C14H16FN3. The van der Waals surface area contributed by atoms with Crippen LogP contribution < -0.4 is 10.6 Å². The molecule has 3 nitrogen and oxygen atoms in total. The van der Waals surface area contributed by atoms with E-state index in [1.165, 1.54) is 12.1 Å². The van der Waals surface area contributed by atoms with Gasteiger partial charge in [0.2, 0.25) is 0 Å². The molecule has 18 heavy (non-hydrogen) atoms. The van der Waals surface area contributed by atoms with Gasteiger partial charge in [-0.05, 0) is 36.8 Å². The van der Waals surface area contributed by atoms with Gasteiger partial charge in [-0.15, -0.1) is 0 Å². The van der Waals surface area contributed by atoms with E-state index in [-0.39, 0.29) is 5.82 Å². The number of rotatable bonds is 5. The Kier molecular flexibility index (Phi) is 4.12. The highest BCUT2D eigenvalue weighted by Gasteiger charge is 1.98. The van der Waals surface area contributed by atoms with Crippen LogP contribution in [0.2, 0.25) is 0 Å². The summed E-state index contributed by atoms with van der Waals surface area (Å²) in [6.07, 6.45) is 4.58. The highest BCUT2D eigenvalue weighted by molar-refractivity contribution is 5.62. The Morgan fingerprint density at radius 3 is 2.50 bits per heavy atom. The molecule has 0 aliphatic rings. The van der Waals surface area contributed by atoms with Gasteiger partial charge in [-0.2, -0.15) is 0 Å². The quantitative estimate of drug-likeness (QED) is 0.841. The summed E-state index contributed by atoms with van der Waals surface area (Å²) in [6, 6.07) is 8.22. The van der Waals surface area contributed by atoms with Gasteiger partial charge in [0, 0.05) is 12.2 Å². The smallest absolute Gasteiger partial charge is 0.123 e. The molecule has 4 heteroatoms. The Labute approximate surface area is 106 Å². The lowest BCUT2D eigenvalue weighted by Crippen LogP contribution is -2.00. The van der Waals surface area contributed by atoms with Crippen molar-refractivity contribution in [2.75, 3.05) is 17.2 Å². The highest BCUT2D eigenvalue weighted by atomic mass is 19.1. The minimum Gasteiger partial charge on any atom is -0.384 e. The molecule has 2 rings (SSSR count). The summed E-state index contributed by atoms with van der Waals surface area (Å²) in [5, 5.41) is 6.45. The van der Waals surface area contributed by atoms with E-state index in [0.717, 1.165) is 30.0 Å². The first-order valence-electron chi connectivity index (χ1n) is 5.99. The third-order valence-corrected chi connectivity index (χ3v) is 2.45. The summed E-state index contributed by atoms with van der Waals surface area (Å²) in [6.45, 7) is 3.03. The van der Waals surface area contributed by atoms with Crippen molar-refractivity contribution < 1.29 is 4.39 Å². The van der Waals surface area contributed by atoms with Crippen molar-refractivity contribution in [1.29, 1.82) is 0 Å². The number of halogens is 1. The molecule has 0 saturated carbocycles. The van der Waals surface area contributed by atoms with E-state index in [9.17, 15) is 4.39 Å². The molecule has 0 unspecified atom stereocenters. The molecule has 0 amide bonds. The largest absolute Gasteiger partial charge is 0.384 e. The SMILES string of the molecule is CCCNc1cncc(Nc2ccc(F)cc2)c1. The van der Waals surface area contributed by atoms with E-state index in [4.69, 9.17) is 0 Å². The van der Waals surface area contributed by atoms with E-state index in [2.05, 4.69) is 22.5 Å². The molecule has 0 atom stereocenters. The Balaban J connectivity index is 2.06. The number of benzene rings is 1. The Morgan fingerprint density at radius 2 is 1.78 bits per heavy atom. The van der Waals surface area contributed by atoms with Crippen molar-refractivity contribution in [3.05, 3.63) is 48.5 Å². The second kappa shape index (κ2) is 6.00. The van der Waals surface area contributed by atoms with Crippen LogP contribution in [0.1, 0.15) is 13.3 Å². The van der Waals surface area contributed by atoms with Crippen molar-refractivity contribution in [3.63, 3.8) is 0 Å². The first kappa shape index (κ1) is 12.4. The summed E-state index contributed by atoms with van der Waals surface area (Å²) >= 11 is 0. The summed E-state index contributed by atoms with van der Waals surface area (Å²) in [5.41, 5.74) is 2.69. The molecule has 94 valence electrons. The average molecular weight is 245 g/mol. The van der Waals surface area contributed by atoms with Gasteiger partial charge in [0.25, 0.3) is 0 Å². The maximum atomic E-state index is 12.8. The predicted molar refractivity (Wildman–Crippen MR) is 72.7 cm³/mol. The fourth-order valence-electron chi connectivity index (χ4n) is 1.57. The molecular weight excluding hydrogens is 229 g/mol. The molecule has 0 spiro atoms. The normalized spacial score (nSPS) is 10.1. The Morgan fingerprint density at radius 1 is 1.06 bits per heavy atom. The number of hydrogen-bond donors (Lipinski definition) is 2. The summed E-state index contributed by atoms with van der Waals surface area (Å²) in [5.74, 6) is -0.239. The second-order valence-electron chi connectivity index (χ2n) is 4.02. The zero-order valence-corrected chi connectivity index (χ0v) is 10.3. The van der Waals surface area contributed by atoms with Crippen molar-refractivity contribution in [1.82, 2.24) is 4.98 Å². The molecule has 2 aromatic rings. The van der Waals surface area contributed by atoms with Crippen LogP contribution in [-0.2, 0) is 0 Å². The standard InChI is InChI=1S/C14H16FN3/c1-2-7-17-13-8-14(10-16-9-13)18-12-5-3-11(15)4-6-12/h3-6,8-10,17-18H,2,7H2,1H3. The van der Waals surface area contributed by atoms with Crippen LogP contribution in [0.15, 0.2) is 42.7 Å². The minimum absolute atomic E-state index is 0.239. The van der Waals surface area contributed by atoms with E-state index in [1.807, 2.05) is 6.07 Å². The average Bonchev–Trinajstić information content (AvgIpc) is 2.40. The van der Waals surface area contributed by atoms with Crippen molar-refractivity contribution >= 4 is 17.1 Å². The Bertz CT molecular complexity index is 497. The maximum absolute atomic E-state index is 12.8. The first-order valence-corrected chi connectivity index (χ1v) is 5.99. The second-order valence-corrected chi connectivity index (χ2v) is 4.02. The van der Waals surface area contributed by atoms with Crippen LogP contribution in [0, 0.1) is 5.82 Å². The van der Waals surface area contributed by atoms with Crippen LogP contribution in [0.4, 0.5) is 21.5 Å². The van der Waals surface area contributed by atoms with E-state index in [0.29, 0.717) is 0 Å². The predicted octanol–water partition coefficient (Wildman–Crippen LogP) is 3.79.